The van der Waals surface area contributed by atoms with Crippen molar-refractivity contribution in [1.82, 2.24) is 9.80 Å². The number of benzene rings is 1. The molecule has 0 bridgehead atoms. The van der Waals surface area contributed by atoms with E-state index >= 15 is 0 Å². The van der Waals surface area contributed by atoms with Crippen LogP contribution in [0.4, 0.5) is 5.69 Å². The van der Waals surface area contributed by atoms with Gasteiger partial charge in [0.05, 0.1) is 11.6 Å². The minimum atomic E-state index is 0.340. The average Bonchev–Trinajstić information content (AvgIpc) is 2.77. The highest BCUT2D eigenvalue weighted by Crippen LogP contribution is 2.33. The van der Waals surface area contributed by atoms with Crippen LogP contribution >= 0.6 is 0 Å². The minimum Gasteiger partial charge on any atom is -0.368 e. The van der Waals surface area contributed by atoms with Crippen molar-refractivity contribution in [1.29, 1.82) is 5.26 Å². The first kappa shape index (κ1) is 19.3. The van der Waals surface area contributed by atoms with Crippen molar-refractivity contribution in [2.24, 2.45) is 5.92 Å². The van der Waals surface area contributed by atoms with E-state index in [9.17, 15) is 4.79 Å². The zero-order chi connectivity index (χ0) is 19.3. The van der Waals surface area contributed by atoms with Crippen LogP contribution in [0.25, 0.3) is 0 Å². The van der Waals surface area contributed by atoms with Gasteiger partial charge in [0.2, 0.25) is 5.91 Å². The SMILES string of the molecule is N#Cc1ccc(N2CCN(C(=O)CC[C@@H]3CCCN4CCCC[C@H]34)CC2)cc1. The fourth-order valence-corrected chi connectivity index (χ4v) is 5.34. The van der Waals surface area contributed by atoms with E-state index in [2.05, 4.69) is 20.8 Å². The number of amides is 1. The Morgan fingerprint density at radius 3 is 2.46 bits per heavy atom. The Hall–Kier alpha value is -2.06. The summed E-state index contributed by atoms with van der Waals surface area (Å²) in [4.78, 5) is 19.8. The molecule has 0 radical (unpaired) electrons. The lowest BCUT2D eigenvalue weighted by atomic mass is 9.81. The molecular weight excluding hydrogens is 348 g/mol. The van der Waals surface area contributed by atoms with Gasteiger partial charge in [-0.05, 0) is 75.4 Å². The number of rotatable bonds is 4. The number of hydrogen-bond acceptors (Lipinski definition) is 4. The Bertz CT molecular complexity index is 700. The van der Waals surface area contributed by atoms with E-state index in [0.29, 0.717) is 17.9 Å². The molecule has 5 heteroatoms. The molecule has 3 aliphatic heterocycles. The van der Waals surface area contributed by atoms with Gasteiger partial charge in [0.15, 0.2) is 0 Å². The van der Waals surface area contributed by atoms with E-state index in [1.165, 1.54) is 45.2 Å². The molecule has 0 aliphatic carbocycles. The average molecular weight is 381 g/mol. The van der Waals surface area contributed by atoms with E-state index in [1.54, 1.807) is 0 Å². The number of fused-ring (bicyclic) bond motifs is 1. The van der Waals surface area contributed by atoms with Crippen molar-refractivity contribution in [3.63, 3.8) is 0 Å². The van der Waals surface area contributed by atoms with E-state index in [1.807, 2.05) is 24.3 Å². The maximum absolute atomic E-state index is 12.8. The Morgan fingerprint density at radius 2 is 1.71 bits per heavy atom. The molecule has 1 aromatic rings. The molecule has 0 unspecified atom stereocenters. The van der Waals surface area contributed by atoms with E-state index in [0.717, 1.165) is 50.2 Å². The second-order valence-corrected chi connectivity index (χ2v) is 8.57. The highest BCUT2D eigenvalue weighted by atomic mass is 16.2. The fourth-order valence-electron chi connectivity index (χ4n) is 5.34. The molecule has 3 saturated heterocycles. The van der Waals surface area contributed by atoms with Gasteiger partial charge in [-0.25, -0.2) is 0 Å². The van der Waals surface area contributed by atoms with Crippen molar-refractivity contribution in [2.45, 2.75) is 51.0 Å². The zero-order valence-corrected chi connectivity index (χ0v) is 16.9. The molecule has 0 N–H and O–H groups in total. The van der Waals surface area contributed by atoms with Crippen LogP contribution in [0.5, 0.6) is 0 Å². The fraction of sp³-hybridized carbons (Fsp3) is 0.652. The molecule has 5 nitrogen and oxygen atoms in total. The number of piperazine rings is 1. The van der Waals surface area contributed by atoms with Crippen molar-refractivity contribution in [2.75, 3.05) is 44.2 Å². The van der Waals surface area contributed by atoms with Crippen LogP contribution in [-0.2, 0) is 4.79 Å². The second-order valence-electron chi connectivity index (χ2n) is 8.57. The predicted octanol–water partition coefficient (Wildman–Crippen LogP) is 3.25. The summed E-state index contributed by atoms with van der Waals surface area (Å²) in [5.74, 6) is 1.06. The molecule has 28 heavy (non-hydrogen) atoms. The summed E-state index contributed by atoms with van der Waals surface area (Å²) >= 11 is 0. The van der Waals surface area contributed by atoms with Gasteiger partial charge in [0, 0.05) is 44.3 Å². The Kier molecular flexibility index (Phi) is 6.17. The third-order valence-corrected chi connectivity index (χ3v) is 6.95. The monoisotopic (exact) mass is 380 g/mol. The topological polar surface area (TPSA) is 50.6 Å². The summed E-state index contributed by atoms with van der Waals surface area (Å²) in [6.45, 7) is 5.89. The summed E-state index contributed by atoms with van der Waals surface area (Å²) in [5, 5.41) is 8.93. The summed E-state index contributed by atoms with van der Waals surface area (Å²) in [6.07, 6.45) is 8.44. The third-order valence-electron chi connectivity index (χ3n) is 6.95. The first-order chi connectivity index (χ1) is 13.7. The van der Waals surface area contributed by atoms with Gasteiger partial charge in [0.25, 0.3) is 0 Å². The summed E-state index contributed by atoms with van der Waals surface area (Å²) in [7, 11) is 0. The standard InChI is InChI=1S/C23H32N4O/c24-18-19-6-9-21(10-7-19)25-14-16-27(17-15-25)23(28)11-8-20-4-3-13-26-12-2-1-5-22(20)26/h6-7,9-10,20,22H,1-5,8,11-17H2/t20-,22+/m0/s1. The van der Waals surface area contributed by atoms with Crippen LogP contribution in [0, 0.1) is 17.2 Å². The van der Waals surface area contributed by atoms with Gasteiger partial charge in [-0.1, -0.05) is 6.42 Å². The smallest absolute Gasteiger partial charge is 0.222 e. The lowest BCUT2D eigenvalue weighted by Crippen LogP contribution is -2.50. The molecule has 3 aliphatic rings. The zero-order valence-electron chi connectivity index (χ0n) is 16.9. The number of carbonyl (C=O) groups is 1. The highest BCUT2D eigenvalue weighted by Gasteiger charge is 2.33. The highest BCUT2D eigenvalue weighted by molar-refractivity contribution is 5.76. The molecular formula is C23H32N4O. The summed E-state index contributed by atoms with van der Waals surface area (Å²) in [6, 6.07) is 10.7. The van der Waals surface area contributed by atoms with Crippen LogP contribution in [0.3, 0.4) is 0 Å². The van der Waals surface area contributed by atoms with Crippen LogP contribution in [-0.4, -0.2) is 61.0 Å². The molecule has 4 rings (SSSR count). The van der Waals surface area contributed by atoms with Gasteiger partial charge in [-0.2, -0.15) is 5.26 Å². The molecule has 1 amide bonds. The number of hydrogen-bond donors (Lipinski definition) is 0. The Morgan fingerprint density at radius 1 is 0.964 bits per heavy atom. The first-order valence-corrected chi connectivity index (χ1v) is 11.0. The van der Waals surface area contributed by atoms with E-state index < -0.39 is 0 Å². The van der Waals surface area contributed by atoms with Crippen LogP contribution < -0.4 is 4.90 Å². The van der Waals surface area contributed by atoms with Gasteiger partial charge >= 0.3 is 0 Å². The van der Waals surface area contributed by atoms with Gasteiger partial charge in [-0.15, -0.1) is 0 Å². The van der Waals surface area contributed by atoms with Crippen molar-refractivity contribution in [3.8, 4) is 6.07 Å². The lowest BCUT2D eigenvalue weighted by molar-refractivity contribution is -0.132. The second kappa shape index (κ2) is 8.96. The van der Waals surface area contributed by atoms with Crippen LogP contribution in [0.15, 0.2) is 24.3 Å². The molecule has 0 saturated carbocycles. The number of carbonyl (C=O) groups excluding carboxylic acids is 1. The quantitative estimate of drug-likeness (QED) is 0.805. The van der Waals surface area contributed by atoms with Gasteiger partial charge in [-0.3, -0.25) is 4.79 Å². The Balaban J connectivity index is 1.24. The Labute approximate surface area is 168 Å². The van der Waals surface area contributed by atoms with Gasteiger partial charge < -0.3 is 14.7 Å². The van der Waals surface area contributed by atoms with Crippen molar-refractivity contribution < 1.29 is 4.79 Å². The van der Waals surface area contributed by atoms with E-state index in [4.69, 9.17) is 5.26 Å². The largest absolute Gasteiger partial charge is 0.368 e. The molecule has 3 heterocycles. The van der Waals surface area contributed by atoms with Crippen molar-refractivity contribution >= 4 is 11.6 Å². The minimum absolute atomic E-state index is 0.340. The van der Waals surface area contributed by atoms with Crippen LogP contribution in [0.1, 0.15) is 50.5 Å². The number of nitriles is 1. The first-order valence-electron chi connectivity index (χ1n) is 11.0. The number of anilines is 1. The summed E-state index contributed by atoms with van der Waals surface area (Å²) in [5.41, 5.74) is 1.84. The summed E-state index contributed by atoms with van der Waals surface area (Å²) < 4.78 is 0. The predicted molar refractivity (Wildman–Crippen MR) is 111 cm³/mol. The van der Waals surface area contributed by atoms with E-state index in [-0.39, 0.29) is 0 Å². The van der Waals surface area contributed by atoms with Crippen molar-refractivity contribution in [3.05, 3.63) is 29.8 Å². The number of nitrogens with zero attached hydrogens (tertiary/aromatic N) is 4. The molecule has 2 atom stereocenters. The van der Waals surface area contributed by atoms with Gasteiger partial charge in [0.1, 0.15) is 0 Å². The maximum Gasteiger partial charge on any atom is 0.222 e. The molecule has 3 fully saturated rings. The molecule has 0 spiro atoms. The molecule has 0 aromatic heterocycles. The normalized spacial score (nSPS) is 25.8. The lowest BCUT2D eigenvalue weighted by Gasteiger charge is -2.44. The third kappa shape index (κ3) is 4.33. The molecule has 1 aromatic carbocycles. The number of piperidine rings is 2. The molecule has 150 valence electrons. The van der Waals surface area contributed by atoms with Crippen LogP contribution in [0.2, 0.25) is 0 Å². The maximum atomic E-state index is 12.8.